The molecular weight excluding hydrogens is 214 g/mol. The number of hydrogen-bond donors (Lipinski definition) is 1. The van der Waals surface area contributed by atoms with Gasteiger partial charge in [0.1, 0.15) is 5.82 Å². The second-order valence-corrected chi connectivity index (χ2v) is 4.83. The van der Waals surface area contributed by atoms with E-state index in [0.29, 0.717) is 11.7 Å². The molecule has 17 heavy (non-hydrogen) atoms. The van der Waals surface area contributed by atoms with Gasteiger partial charge in [0.05, 0.1) is 6.61 Å². The quantitative estimate of drug-likeness (QED) is 0.859. The van der Waals surface area contributed by atoms with E-state index in [4.69, 9.17) is 10.5 Å². The zero-order valence-electron chi connectivity index (χ0n) is 10.4. The average Bonchev–Trinajstić information content (AvgIpc) is 2.33. The van der Waals surface area contributed by atoms with Gasteiger partial charge in [0, 0.05) is 31.5 Å². The molecule has 2 N–H and O–H groups in total. The summed E-state index contributed by atoms with van der Waals surface area (Å²) in [5, 5.41) is 0. The van der Waals surface area contributed by atoms with Crippen molar-refractivity contribution in [3.8, 4) is 0 Å². The first-order chi connectivity index (χ1) is 8.25. The largest absolute Gasteiger partial charge is 0.383 e. The molecule has 0 bridgehead atoms. The average molecular weight is 235 g/mol. The van der Waals surface area contributed by atoms with Crippen LogP contribution in [0.15, 0.2) is 18.3 Å². The van der Waals surface area contributed by atoms with Gasteiger partial charge in [0.25, 0.3) is 0 Å². The Balaban J connectivity index is 1.84. The van der Waals surface area contributed by atoms with E-state index in [1.165, 1.54) is 12.8 Å². The first-order valence-electron chi connectivity index (χ1n) is 6.21. The molecule has 1 aromatic rings. The van der Waals surface area contributed by atoms with Crippen molar-refractivity contribution in [3.05, 3.63) is 23.9 Å². The fraction of sp³-hybridized carbons (Fsp3) is 0.615. The van der Waals surface area contributed by atoms with Crippen molar-refractivity contribution in [2.75, 3.05) is 32.5 Å². The van der Waals surface area contributed by atoms with Gasteiger partial charge in [-0.25, -0.2) is 4.98 Å². The third-order valence-corrected chi connectivity index (χ3v) is 3.19. The molecule has 1 fully saturated rings. The maximum absolute atomic E-state index is 5.84. The first-order valence-corrected chi connectivity index (χ1v) is 6.21. The van der Waals surface area contributed by atoms with Crippen molar-refractivity contribution < 1.29 is 4.74 Å². The van der Waals surface area contributed by atoms with Crippen molar-refractivity contribution in [1.82, 2.24) is 9.88 Å². The topological polar surface area (TPSA) is 51.4 Å². The highest BCUT2D eigenvalue weighted by atomic mass is 16.5. The van der Waals surface area contributed by atoms with E-state index in [1.54, 1.807) is 6.20 Å². The summed E-state index contributed by atoms with van der Waals surface area (Å²) in [6.45, 7) is 3.74. The number of pyridine rings is 1. The van der Waals surface area contributed by atoms with Crippen molar-refractivity contribution >= 4 is 5.82 Å². The number of anilines is 1. The lowest BCUT2D eigenvalue weighted by molar-refractivity contribution is 0.0412. The molecule has 2 heterocycles. The van der Waals surface area contributed by atoms with Crippen LogP contribution >= 0.6 is 0 Å². The highest BCUT2D eigenvalue weighted by Gasteiger charge is 2.16. The van der Waals surface area contributed by atoms with E-state index >= 15 is 0 Å². The highest BCUT2D eigenvalue weighted by Crippen LogP contribution is 2.16. The van der Waals surface area contributed by atoms with Gasteiger partial charge in [-0.3, -0.25) is 0 Å². The van der Waals surface area contributed by atoms with Gasteiger partial charge in [-0.05, 0) is 31.9 Å². The molecule has 1 atom stereocenters. The first kappa shape index (κ1) is 12.3. The number of ether oxygens (including phenoxy) is 1. The molecular formula is C13H21N3O. The van der Waals surface area contributed by atoms with Crippen molar-refractivity contribution in [1.29, 1.82) is 0 Å². The van der Waals surface area contributed by atoms with Crippen LogP contribution in [0.2, 0.25) is 0 Å². The fourth-order valence-corrected chi connectivity index (χ4v) is 2.33. The maximum Gasteiger partial charge on any atom is 0.127 e. The summed E-state index contributed by atoms with van der Waals surface area (Å²) in [6, 6.07) is 3.97. The minimum Gasteiger partial charge on any atom is -0.383 e. The lowest BCUT2D eigenvalue weighted by atomic mass is 10.0. The Bertz CT molecular complexity index is 350. The van der Waals surface area contributed by atoms with Crippen molar-refractivity contribution in [3.63, 3.8) is 0 Å². The van der Waals surface area contributed by atoms with Gasteiger partial charge in [-0.1, -0.05) is 6.07 Å². The molecule has 1 aliphatic heterocycles. The van der Waals surface area contributed by atoms with E-state index < -0.39 is 0 Å². The third-order valence-electron chi connectivity index (χ3n) is 3.19. The van der Waals surface area contributed by atoms with Crippen LogP contribution in [-0.2, 0) is 11.3 Å². The molecule has 1 unspecified atom stereocenters. The van der Waals surface area contributed by atoms with Crippen LogP contribution in [0.5, 0.6) is 0 Å². The molecule has 0 spiro atoms. The van der Waals surface area contributed by atoms with Gasteiger partial charge in [0.2, 0.25) is 0 Å². The molecule has 94 valence electrons. The molecule has 4 nitrogen and oxygen atoms in total. The summed E-state index contributed by atoms with van der Waals surface area (Å²) < 4.78 is 5.49. The second kappa shape index (κ2) is 5.98. The van der Waals surface area contributed by atoms with Crippen molar-refractivity contribution in [2.24, 2.45) is 5.92 Å². The zero-order valence-corrected chi connectivity index (χ0v) is 10.4. The summed E-state index contributed by atoms with van der Waals surface area (Å²) in [5.74, 6) is 1.30. The normalized spacial score (nSPS) is 20.7. The summed E-state index contributed by atoms with van der Waals surface area (Å²) in [7, 11) is 2.13. The minimum absolute atomic E-state index is 0.638. The van der Waals surface area contributed by atoms with Crippen LogP contribution in [0.4, 0.5) is 5.82 Å². The Morgan fingerprint density at radius 1 is 1.59 bits per heavy atom. The molecule has 2 rings (SSSR count). The minimum atomic E-state index is 0.638. The molecule has 0 aromatic carbocycles. The summed E-state index contributed by atoms with van der Waals surface area (Å²) >= 11 is 0. The summed E-state index contributed by atoms with van der Waals surface area (Å²) in [6.07, 6.45) is 4.19. The van der Waals surface area contributed by atoms with Crippen LogP contribution in [0, 0.1) is 5.92 Å². The molecule has 1 saturated heterocycles. The van der Waals surface area contributed by atoms with Gasteiger partial charge >= 0.3 is 0 Å². The number of rotatable bonds is 4. The third kappa shape index (κ3) is 3.68. The summed E-state index contributed by atoms with van der Waals surface area (Å²) in [5.41, 5.74) is 6.94. The van der Waals surface area contributed by atoms with E-state index in [1.807, 2.05) is 12.1 Å². The molecule has 1 aromatic heterocycles. The number of nitrogens with two attached hydrogens (primary N) is 1. The highest BCUT2D eigenvalue weighted by molar-refractivity contribution is 5.38. The predicted molar refractivity (Wildman–Crippen MR) is 68.5 cm³/mol. The zero-order chi connectivity index (χ0) is 12.1. The maximum atomic E-state index is 5.84. The Kier molecular flexibility index (Phi) is 4.34. The van der Waals surface area contributed by atoms with Gasteiger partial charge in [0.15, 0.2) is 0 Å². The van der Waals surface area contributed by atoms with Crippen LogP contribution in [0.3, 0.4) is 0 Å². The molecule has 4 heteroatoms. The van der Waals surface area contributed by atoms with Gasteiger partial charge in [-0.2, -0.15) is 0 Å². The molecule has 0 radical (unpaired) electrons. The van der Waals surface area contributed by atoms with E-state index in [9.17, 15) is 0 Å². The molecule has 0 amide bonds. The van der Waals surface area contributed by atoms with E-state index in [2.05, 4.69) is 16.9 Å². The van der Waals surface area contributed by atoms with Gasteiger partial charge in [-0.15, -0.1) is 0 Å². The predicted octanol–water partition coefficient (Wildman–Crippen LogP) is 1.52. The second-order valence-electron chi connectivity index (χ2n) is 4.83. The molecule has 0 saturated carbocycles. The van der Waals surface area contributed by atoms with E-state index in [-0.39, 0.29) is 0 Å². The fourth-order valence-electron chi connectivity index (χ4n) is 2.33. The standard InChI is InChI=1S/C13H21N3O/c1-16(8-11-4-3-7-17-10-11)9-12-5-2-6-15-13(12)14/h2,5-6,11H,3-4,7-10H2,1H3,(H2,14,15). The number of hydrogen-bond acceptors (Lipinski definition) is 4. The Morgan fingerprint density at radius 3 is 3.18 bits per heavy atom. The molecule has 1 aliphatic rings. The number of nitrogens with zero attached hydrogens (tertiary/aromatic N) is 2. The molecule has 0 aliphatic carbocycles. The SMILES string of the molecule is CN(Cc1cccnc1N)CC1CCCOC1. The summed E-state index contributed by atoms with van der Waals surface area (Å²) in [4.78, 5) is 6.40. The Labute approximate surface area is 103 Å². The van der Waals surface area contributed by atoms with Crippen LogP contribution in [0.1, 0.15) is 18.4 Å². The Hall–Kier alpha value is -1.13. The van der Waals surface area contributed by atoms with Crippen LogP contribution < -0.4 is 5.73 Å². The van der Waals surface area contributed by atoms with Gasteiger partial charge < -0.3 is 15.4 Å². The number of nitrogen functional groups attached to an aromatic ring is 1. The van der Waals surface area contributed by atoms with Crippen molar-refractivity contribution in [2.45, 2.75) is 19.4 Å². The van der Waals surface area contributed by atoms with Crippen LogP contribution in [0.25, 0.3) is 0 Å². The number of aromatic nitrogens is 1. The van der Waals surface area contributed by atoms with Crippen LogP contribution in [-0.4, -0.2) is 36.7 Å². The van der Waals surface area contributed by atoms with E-state index in [0.717, 1.165) is 31.9 Å². The monoisotopic (exact) mass is 235 g/mol. The smallest absolute Gasteiger partial charge is 0.127 e. The lowest BCUT2D eigenvalue weighted by Crippen LogP contribution is -2.30. The lowest BCUT2D eigenvalue weighted by Gasteiger charge is -2.27. The Morgan fingerprint density at radius 2 is 2.47 bits per heavy atom.